The fraction of sp³-hybridized carbons (Fsp3) is 1.00. The molecule has 0 aliphatic heterocycles. The first kappa shape index (κ1) is 29.8. The van der Waals surface area contributed by atoms with Crippen LogP contribution in [0.3, 0.4) is 0 Å². The summed E-state index contributed by atoms with van der Waals surface area (Å²) in [7, 11) is 0. The average Bonchev–Trinajstić information content (AvgIpc) is 2.70. The molecule has 0 aliphatic carbocycles. The SMILES string of the molecule is CCC(NOC(C)(CC)CC)C(CC)(NOC(C)C(C)(C)C)N(CC)OCC(C)C. The maximum atomic E-state index is 6.29. The van der Waals surface area contributed by atoms with Crippen molar-refractivity contribution in [3.8, 4) is 0 Å². The molecule has 3 unspecified atom stereocenters. The van der Waals surface area contributed by atoms with Crippen LogP contribution in [0.5, 0.6) is 0 Å². The van der Waals surface area contributed by atoms with Crippen LogP contribution >= 0.6 is 0 Å². The minimum Gasteiger partial charge on any atom is -0.297 e. The molecule has 6 heteroatoms. The molecule has 0 radical (unpaired) electrons. The fourth-order valence-electron chi connectivity index (χ4n) is 3.01. The van der Waals surface area contributed by atoms with Gasteiger partial charge in [0.25, 0.3) is 0 Å². The van der Waals surface area contributed by atoms with Gasteiger partial charge in [0.1, 0.15) is 5.66 Å². The van der Waals surface area contributed by atoms with Crippen molar-refractivity contribution < 1.29 is 14.5 Å². The first-order valence-corrected chi connectivity index (χ1v) is 12.1. The lowest BCUT2D eigenvalue weighted by molar-refractivity contribution is -0.294. The summed E-state index contributed by atoms with van der Waals surface area (Å²) in [5.41, 5.74) is 6.10. The zero-order chi connectivity index (χ0) is 23.6. The number of hydrogen-bond acceptors (Lipinski definition) is 6. The van der Waals surface area contributed by atoms with Crippen LogP contribution in [0, 0.1) is 11.3 Å². The van der Waals surface area contributed by atoms with Crippen LogP contribution in [0.15, 0.2) is 0 Å². The Morgan fingerprint density at radius 2 is 1.43 bits per heavy atom. The van der Waals surface area contributed by atoms with E-state index >= 15 is 0 Å². The molecule has 3 atom stereocenters. The first-order chi connectivity index (χ1) is 13.9. The van der Waals surface area contributed by atoms with Crippen LogP contribution in [0.2, 0.25) is 0 Å². The van der Waals surface area contributed by atoms with E-state index in [4.69, 9.17) is 14.5 Å². The van der Waals surface area contributed by atoms with Crippen molar-refractivity contribution in [2.75, 3.05) is 13.2 Å². The summed E-state index contributed by atoms with van der Waals surface area (Å²) in [6.45, 7) is 27.3. The van der Waals surface area contributed by atoms with Gasteiger partial charge in [-0.25, -0.2) is 0 Å². The van der Waals surface area contributed by atoms with E-state index in [0.717, 1.165) is 32.2 Å². The van der Waals surface area contributed by atoms with E-state index in [9.17, 15) is 0 Å². The van der Waals surface area contributed by atoms with Crippen molar-refractivity contribution in [1.29, 1.82) is 0 Å². The second-order valence-electron chi connectivity index (χ2n) is 10.2. The van der Waals surface area contributed by atoms with E-state index in [2.05, 4.69) is 94.0 Å². The predicted octanol–water partition coefficient (Wildman–Crippen LogP) is 5.84. The van der Waals surface area contributed by atoms with Crippen molar-refractivity contribution in [1.82, 2.24) is 16.0 Å². The third-order valence-corrected chi connectivity index (χ3v) is 6.40. The quantitative estimate of drug-likeness (QED) is 0.237. The first-order valence-electron chi connectivity index (χ1n) is 12.1. The summed E-state index contributed by atoms with van der Waals surface area (Å²) in [6.07, 6.45) is 3.57. The fourth-order valence-corrected chi connectivity index (χ4v) is 3.01. The number of hydroxylamine groups is 4. The highest BCUT2D eigenvalue weighted by molar-refractivity contribution is 4.92. The lowest BCUT2D eigenvalue weighted by Crippen LogP contribution is -2.69. The Hall–Kier alpha value is -0.240. The van der Waals surface area contributed by atoms with Gasteiger partial charge >= 0.3 is 0 Å². The molecule has 0 aromatic rings. The zero-order valence-corrected chi connectivity index (χ0v) is 22.1. The van der Waals surface area contributed by atoms with Gasteiger partial charge in [-0.15, -0.1) is 0 Å². The average molecular weight is 432 g/mol. The van der Waals surface area contributed by atoms with Crippen LogP contribution in [0.25, 0.3) is 0 Å². The number of nitrogens with zero attached hydrogens (tertiary/aromatic N) is 1. The lowest BCUT2D eigenvalue weighted by Gasteiger charge is -2.48. The van der Waals surface area contributed by atoms with Crippen molar-refractivity contribution in [3.63, 3.8) is 0 Å². The van der Waals surface area contributed by atoms with Crippen LogP contribution < -0.4 is 11.0 Å². The molecule has 0 saturated heterocycles. The molecule has 0 aliphatic rings. The van der Waals surface area contributed by atoms with Gasteiger partial charge in [0.2, 0.25) is 0 Å². The Morgan fingerprint density at radius 3 is 1.80 bits per heavy atom. The van der Waals surface area contributed by atoms with E-state index in [-0.39, 0.29) is 23.2 Å². The molecule has 0 rings (SSSR count). The van der Waals surface area contributed by atoms with E-state index in [1.165, 1.54) is 0 Å². The van der Waals surface area contributed by atoms with Crippen molar-refractivity contribution in [2.45, 2.75) is 132 Å². The number of rotatable bonds is 16. The molecule has 6 nitrogen and oxygen atoms in total. The predicted molar refractivity (Wildman–Crippen MR) is 127 cm³/mol. The van der Waals surface area contributed by atoms with Gasteiger partial charge < -0.3 is 0 Å². The third kappa shape index (κ3) is 8.71. The maximum Gasteiger partial charge on any atom is 0.135 e. The van der Waals surface area contributed by atoms with Gasteiger partial charge in [-0.2, -0.15) is 16.0 Å². The molecular weight excluding hydrogens is 378 g/mol. The Morgan fingerprint density at radius 1 is 0.867 bits per heavy atom. The standard InChI is InChI=1S/C24H53N3O3/c1-13-21(25-30-23(12,14-2)15-3)24(16-4,26-29-20(8)22(9,10)11)27(17-5)28-18-19(6)7/h19-21,25-26H,13-18H2,1-12H3. The van der Waals surface area contributed by atoms with E-state index < -0.39 is 5.66 Å². The minimum atomic E-state index is -0.569. The van der Waals surface area contributed by atoms with Crippen molar-refractivity contribution >= 4 is 0 Å². The second kappa shape index (κ2) is 13.3. The van der Waals surface area contributed by atoms with Crippen LogP contribution in [-0.4, -0.2) is 41.6 Å². The molecule has 0 saturated carbocycles. The van der Waals surface area contributed by atoms with Gasteiger partial charge in [-0.3, -0.25) is 14.5 Å². The largest absolute Gasteiger partial charge is 0.297 e. The summed E-state index contributed by atoms with van der Waals surface area (Å²) in [5, 5.41) is 2.04. The highest BCUT2D eigenvalue weighted by Crippen LogP contribution is 2.29. The topological polar surface area (TPSA) is 55.0 Å². The molecule has 0 bridgehead atoms. The van der Waals surface area contributed by atoms with Gasteiger partial charge in [-0.05, 0) is 50.9 Å². The van der Waals surface area contributed by atoms with E-state index in [0.29, 0.717) is 12.5 Å². The number of nitrogens with one attached hydrogen (secondary N) is 2. The number of likely N-dealkylation sites (N-methyl/N-ethyl adjacent to an activating group) is 1. The molecule has 0 heterocycles. The summed E-state index contributed by atoms with van der Waals surface area (Å²) >= 11 is 0. The van der Waals surface area contributed by atoms with Crippen LogP contribution in [-0.2, 0) is 14.5 Å². The molecule has 182 valence electrons. The highest BCUT2D eigenvalue weighted by Gasteiger charge is 2.45. The van der Waals surface area contributed by atoms with E-state index in [1.807, 2.05) is 5.06 Å². The summed E-state index contributed by atoms with van der Waals surface area (Å²) in [5.74, 6) is 0.441. The Kier molecular flexibility index (Phi) is 13.2. The molecular formula is C24H53N3O3. The smallest absolute Gasteiger partial charge is 0.135 e. The Labute approximate surface area is 187 Å². The molecule has 0 fully saturated rings. The maximum absolute atomic E-state index is 6.29. The molecule has 0 spiro atoms. The summed E-state index contributed by atoms with van der Waals surface area (Å²) in [6, 6.07) is -0.0285. The second-order valence-corrected chi connectivity index (χ2v) is 10.2. The van der Waals surface area contributed by atoms with Gasteiger partial charge in [0.15, 0.2) is 0 Å². The van der Waals surface area contributed by atoms with Gasteiger partial charge in [0.05, 0.1) is 24.4 Å². The molecule has 0 amide bonds. The molecule has 0 aromatic heterocycles. The van der Waals surface area contributed by atoms with Crippen LogP contribution in [0.4, 0.5) is 0 Å². The molecule has 0 aromatic carbocycles. The lowest BCUT2D eigenvalue weighted by atomic mass is 9.90. The van der Waals surface area contributed by atoms with Gasteiger partial charge in [-0.1, -0.05) is 69.2 Å². The molecule has 2 N–H and O–H groups in total. The Bertz CT molecular complexity index is 449. The van der Waals surface area contributed by atoms with E-state index in [1.54, 1.807) is 0 Å². The normalized spacial score (nSPS) is 17.4. The van der Waals surface area contributed by atoms with Crippen molar-refractivity contribution in [3.05, 3.63) is 0 Å². The summed E-state index contributed by atoms with van der Waals surface area (Å²) in [4.78, 5) is 18.8. The Balaban J connectivity index is 5.87. The summed E-state index contributed by atoms with van der Waals surface area (Å²) < 4.78 is 0. The van der Waals surface area contributed by atoms with Gasteiger partial charge in [0, 0.05) is 6.54 Å². The van der Waals surface area contributed by atoms with Crippen molar-refractivity contribution in [2.24, 2.45) is 11.3 Å². The van der Waals surface area contributed by atoms with Crippen LogP contribution in [0.1, 0.15) is 109 Å². The third-order valence-electron chi connectivity index (χ3n) is 6.40. The monoisotopic (exact) mass is 431 g/mol. The molecule has 30 heavy (non-hydrogen) atoms. The minimum absolute atomic E-state index is 0.0248. The number of hydrogen-bond donors (Lipinski definition) is 2. The highest BCUT2D eigenvalue weighted by atomic mass is 16.7. The zero-order valence-electron chi connectivity index (χ0n) is 22.1.